The maximum atomic E-state index is 13.3. The number of hydrogen-bond donors (Lipinski definition) is 2. The number of rotatable bonds is 2. The molecule has 1 rings (SSSR count). The van der Waals surface area contributed by atoms with E-state index < -0.39 is 17.8 Å². The Morgan fingerprint density at radius 2 is 2.06 bits per heavy atom. The highest BCUT2D eigenvalue weighted by Crippen LogP contribution is 2.21. The van der Waals surface area contributed by atoms with E-state index in [0.29, 0.717) is 0 Å². The Labute approximate surface area is 101 Å². The van der Waals surface area contributed by atoms with Gasteiger partial charge in [-0.05, 0) is 12.1 Å². The summed E-state index contributed by atoms with van der Waals surface area (Å²) < 4.78 is 13.3. The maximum Gasteiger partial charge on any atom is 0.325 e. The second-order valence-corrected chi connectivity index (χ2v) is 3.41. The lowest BCUT2D eigenvalue weighted by atomic mass is 10.3. The number of benzene rings is 1. The molecule has 4 nitrogen and oxygen atoms in total. The highest BCUT2D eigenvalue weighted by molar-refractivity contribution is 6.31. The first kappa shape index (κ1) is 12.7. The van der Waals surface area contributed by atoms with Gasteiger partial charge in [-0.2, -0.15) is 0 Å². The van der Waals surface area contributed by atoms with Crippen LogP contribution >= 0.6 is 23.2 Å². The summed E-state index contributed by atoms with van der Waals surface area (Å²) in [5, 5.41) is 3.90. The van der Waals surface area contributed by atoms with Crippen LogP contribution in [-0.2, 0) is 4.79 Å². The van der Waals surface area contributed by atoms with Gasteiger partial charge in [0.15, 0.2) is 5.82 Å². The van der Waals surface area contributed by atoms with Crippen LogP contribution in [0, 0.1) is 5.82 Å². The van der Waals surface area contributed by atoms with Gasteiger partial charge in [0, 0.05) is 0 Å². The van der Waals surface area contributed by atoms with Crippen LogP contribution in [0.3, 0.4) is 0 Å². The van der Waals surface area contributed by atoms with Crippen molar-refractivity contribution >= 4 is 40.8 Å². The predicted octanol–water partition coefficient (Wildman–Crippen LogP) is 2.37. The Morgan fingerprint density at radius 3 is 2.69 bits per heavy atom. The third kappa shape index (κ3) is 3.36. The molecule has 86 valence electrons. The van der Waals surface area contributed by atoms with Crippen molar-refractivity contribution in [3.63, 3.8) is 0 Å². The molecule has 0 heterocycles. The molecule has 0 spiro atoms. The molecule has 0 aromatic heterocycles. The van der Waals surface area contributed by atoms with E-state index in [1.165, 1.54) is 18.2 Å². The van der Waals surface area contributed by atoms with Gasteiger partial charge in [-0.25, -0.2) is 9.18 Å². The summed E-state index contributed by atoms with van der Waals surface area (Å²) in [7, 11) is 0. The van der Waals surface area contributed by atoms with E-state index in [1.807, 2.05) is 5.32 Å². The third-order valence-electron chi connectivity index (χ3n) is 1.57. The number of carbonyl (C=O) groups is 2. The normalized spacial score (nSPS) is 9.69. The lowest BCUT2D eigenvalue weighted by Gasteiger charge is -2.07. The molecule has 0 bridgehead atoms. The summed E-state index contributed by atoms with van der Waals surface area (Å²) >= 11 is 10.7. The van der Waals surface area contributed by atoms with Crippen LogP contribution in [0.1, 0.15) is 0 Å². The number of anilines is 1. The number of hydrogen-bond acceptors (Lipinski definition) is 2. The first-order chi connectivity index (χ1) is 7.54. The second kappa shape index (κ2) is 5.67. The molecule has 0 radical (unpaired) electrons. The van der Waals surface area contributed by atoms with E-state index in [1.54, 1.807) is 0 Å². The SMILES string of the molecule is O=C(CCl)NC(=O)Nc1cccc(Cl)c1F. The molecule has 7 heteroatoms. The number of nitrogens with one attached hydrogen (secondary N) is 2. The van der Waals surface area contributed by atoms with Crippen LogP contribution in [0.4, 0.5) is 14.9 Å². The highest BCUT2D eigenvalue weighted by atomic mass is 35.5. The zero-order valence-electron chi connectivity index (χ0n) is 7.89. The number of urea groups is 1. The van der Waals surface area contributed by atoms with E-state index in [4.69, 9.17) is 23.2 Å². The molecule has 0 saturated carbocycles. The van der Waals surface area contributed by atoms with E-state index >= 15 is 0 Å². The quantitative estimate of drug-likeness (QED) is 0.806. The minimum absolute atomic E-state index is 0.118. The summed E-state index contributed by atoms with van der Waals surface area (Å²) in [5.74, 6) is -1.80. The lowest BCUT2D eigenvalue weighted by Crippen LogP contribution is -2.35. The number of amides is 3. The minimum atomic E-state index is -0.869. The van der Waals surface area contributed by atoms with Gasteiger partial charge in [0.05, 0.1) is 10.7 Å². The summed E-state index contributed by atoms with van der Waals surface area (Å²) in [4.78, 5) is 21.9. The molecular formula is C9H7Cl2FN2O2. The molecular weight excluding hydrogens is 258 g/mol. The van der Waals surface area contributed by atoms with Crippen molar-refractivity contribution in [2.75, 3.05) is 11.2 Å². The molecule has 0 saturated heterocycles. The Kier molecular flexibility index (Phi) is 4.52. The number of imide groups is 1. The van der Waals surface area contributed by atoms with E-state index in [-0.39, 0.29) is 16.6 Å². The van der Waals surface area contributed by atoms with Gasteiger partial charge in [0.25, 0.3) is 0 Å². The van der Waals surface area contributed by atoms with Crippen molar-refractivity contribution in [1.82, 2.24) is 5.32 Å². The number of alkyl halides is 1. The fourth-order valence-corrected chi connectivity index (χ4v) is 1.16. The standard InChI is InChI=1S/C9H7Cl2FN2O2/c10-4-7(15)14-9(16)13-6-3-1-2-5(11)8(6)12/h1-3H,4H2,(H2,13,14,15,16). The van der Waals surface area contributed by atoms with Gasteiger partial charge in [0.1, 0.15) is 5.88 Å². The molecule has 0 aliphatic carbocycles. The van der Waals surface area contributed by atoms with Gasteiger partial charge in [-0.3, -0.25) is 10.1 Å². The monoisotopic (exact) mass is 264 g/mol. The zero-order chi connectivity index (χ0) is 12.1. The molecule has 0 fully saturated rings. The van der Waals surface area contributed by atoms with E-state index in [9.17, 15) is 14.0 Å². The average molecular weight is 265 g/mol. The smallest absolute Gasteiger partial charge is 0.305 e. The fraction of sp³-hybridized carbons (Fsp3) is 0.111. The molecule has 16 heavy (non-hydrogen) atoms. The first-order valence-corrected chi connectivity index (χ1v) is 5.06. The van der Waals surface area contributed by atoms with Gasteiger partial charge in [-0.15, -0.1) is 11.6 Å². The van der Waals surface area contributed by atoms with Crippen LogP contribution in [0.15, 0.2) is 18.2 Å². The van der Waals surface area contributed by atoms with Gasteiger partial charge in [0.2, 0.25) is 5.91 Å². The van der Waals surface area contributed by atoms with Crippen molar-refractivity contribution in [1.29, 1.82) is 0 Å². The summed E-state index contributed by atoms with van der Waals surface area (Å²) in [6.07, 6.45) is 0. The van der Waals surface area contributed by atoms with Gasteiger partial charge in [-0.1, -0.05) is 17.7 Å². The first-order valence-electron chi connectivity index (χ1n) is 4.15. The van der Waals surface area contributed by atoms with E-state index in [2.05, 4.69) is 5.32 Å². The van der Waals surface area contributed by atoms with Crippen molar-refractivity contribution < 1.29 is 14.0 Å². The van der Waals surface area contributed by atoms with Crippen LogP contribution < -0.4 is 10.6 Å². The molecule has 1 aromatic rings. The topological polar surface area (TPSA) is 58.2 Å². The van der Waals surface area contributed by atoms with Crippen LogP contribution in [0.5, 0.6) is 0 Å². The Hall–Kier alpha value is -1.33. The Balaban J connectivity index is 2.70. The van der Waals surface area contributed by atoms with E-state index in [0.717, 1.165) is 0 Å². The third-order valence-corrected chi connectivity index (χ3v) is 2.11. The highest BCUT2D eigenvalue weighted by Gasteiger charge is 2.11. The summed E-state index contributed by atoms with van der Waals surface area (Å²) in [6.45, 7) is 0. The second-order valence-electron chi connectivity index (χ2n) is 2.74. The van der Waals surface area contributed by atoms with Crippen molar-refractivity contribution in [3.8, 4) is 0 Å². The van der Waals surface area contributed by atoms with Gasteiger partial charge < -0.3 is 5.32 Å². The largest absolute Gasteiger partial charge is 0.325 e. The van der Waals surface area contributed by atoms with Gasteiger partial charge >= 0.3 is 6.03 Å². The maximum absolute atomic E-state index is 13.3. The van der Waals surface area contributed by atoms with Crippen LogP contribution in [0.2, 0.25) is 5.02 Å². The minimum Gasteiger partial charge on any atom is -0.305 e. The Morgan fingerprint density at radius 1 is 1.38 bits per heavy atom. The fourth-order valence-electron chi connectivity index (χ4n) is 0.914. The molecule has 0 aliphatic heterocycles. The van der Waals surface area contributed by atoms with Crippen molar-refractivity contribution in [2.24, 2.45) is 0 Å². The average Bonchev–Trinajstić information content (AvgIpc) is 2.24. The summed E-state index contributed by atoms with van der Waals surface area (Å²) in [6, 6.07) is 3.24. The van der Waals surface area contributed by atoms with Crippen molar-refractivity contribution in [3.05, 3.63) is 29.0 Å². The summed E-state index contributed by atoms with van der Waals surface area (Å²) in [5.41, 5.74) is -0.118. The van der Waals surface area contributed by atoms with Crippen LogP contribution in [0.25, 0.3) is 0 Å². The molecule has 3 amide bonds. The molecule has 0 atom stereocenters. The predicted molar refractivity (Wildman–Crippen MR) is 59.3 cm³/mol. The molecule has 2 N–H and O–H groups in total. The Bertz CT molecular complexity index is 426. The number of carbonyl (C=O) groups excluding carboxylic acids is 2. The van der Waals surface area contributed by atoms with Crippen LogP contribution in [-0.4, -0.2) is 17.8 Å². The molecule has 1 aromatic carbocycles. The molecule has 0 unspecified atom stereocenters. The lowest BCUT2D eigenvalue weighted by molar-refractivity contribution is -0.117. The molecule has 0 aliphatic rings. The van der Waals surface area contributed by atoms with Crippen molar-refractivity contribution in [2.45, 2.75) is 0 Å². The number of halogens is 3. The zero-order valence-corrected chi connectivity index (χ0v) is 9.40.